The first-order chi connectivity index (χ1) is 8.00. The second kappa shape index (κ2) is 4.53. The van der Waals surface area contributed by atoms with Gasteiger partial charge in [-0.1, -0.05) is 11.3 Å². The number of anilines is 1. The summed E-state index contributed by atoms with van der Waals surface area (Å²) < 4.78 is 0. The molecule has 1 amide bonds. The van der Waals surface area contributed by atoms with Crippen LogP contribution in [0, 0.1) is 6.92 Å². The van der Waals surface area contributed by atoms with Gasteiger partial charge in [-0.25, -0.2) is 9.78 Å². The Balaban J connectivity index is 2.25. The summed E-state index contributed by atoms with van der Waals surface area (Å²) in [6, 6.07) is -0.754. The van der Waals surface area contributed by atoms with Crippen LogP contribution in [0.4, 0.5) is 5.13 Å². The summed E-state index contributed by atoms with van der Waals surface area (Å²) in [6.45, 7) is 1.69. The Morgan fingerprint density at radius 3 is 2.82 bits per heavy atom. The molecule has 0 unspecified atom stereocenters. The second-order valence-electron chi connectivity index (χ2n) is 3.60. The normalized spacial score (nSPS) is 19.6. The van der Waals surface area contributed by atoms with Gasteiger partial charge in [-0.15, -0.1) is 11.8 Å². The summed E-state index contributed by atoms with van der Waals surface area (Å²) in [5.41, 5.74) is 6.08. The number of carboxylic acids is 1. The third kappa shape index (κ3) is 2.22. The van der Waals surface area contributed by atoms with Crippen molar-refractivity contribution in [2.24, 2.45) is 0 Å². The predicted molar refractivity (Wildman–Crippen MR) is 66.2 cm³/mol. The van der Waals surface area contributed by atoms with Gasteiger partial charge in [0.15, 0.2) is 5.13 Å². The molecule has 1 atom stereocenters. The molecule has 0 aliphatic carbocycles. The van der Waals surface area contributed by atoms with E-state index >= 15 is 0 Å². The molecule has 3 N–H and O–H groups in total. The lowest BCUT2D eigenvalue weighted by Crippen LogP contribution is -2.41. The monoisotopic (exact) mass is 273 g/mol. The Hall–Kier alpha value is -1.28. The van der Waals surface area contributed by atoms with Crippen molar-refractivity contribution < 1.29 is 14.7 Å². The van der Waals surface area contributed by atoms with Gasteiger partial charge in [-0.3, -0.25) is 4.79 Å². The highest BCUT2D eigenvalue weighted by Crippen LogP contribution is 2.27. The van der Waals surface area contributed by atoms with E-state index in [9.17, 15) is 9.59 Å². The maximum absolute atomic E-state index is 12.2. The lowest BCUT2D eigenvalue weighted by molar-refractivity contribution is -0.140. The van der Waals surface area contributed by atoms with Crippen LogP contribution in [-0.2, 0) is 4.79 Å². The number of amides is 1. The molecule has 92 valence electrons. The van der Waals surface area contributed by atoms with Crippen LogP contribution < -0.4 is 5.73 Å². The number of hydrogen-bond donors (Lipinski definition) is 2. The molecule has 1 aromatic rings. The average Bonchev–Trinajstić information content (AvgIpc) is 2.83. The van der Waals surface area contributed by atoms with E-state index in [2.05, 4.69) is 4.98 Å². The van der Waals surface area contributed by atoms with Crippen LogP contribution in [0.15, 0.2) is 0 Å². The first-order valence-electron chi connectivity index (χ1n) is 4.85. The van der Waals surface area contributed by atoms with Crippen molar-refractivity contribution in [3.63, 3.8) is 0 Å². The first-order valence-corrected chi connectivity index (χ1v) is 6.82. The molecule has 0 saturated carbocycles. The van der Waals surface area contributed by atoms with Gasteiger partial charge in [0, 0.05) is 5.75 Å². The summed E-state index contributed by atoms with van der Waals surface area (Å²) in [5.74, 6) is -0.450. The molecular weight excluding hydrogens is 262 g/mol. The maximum Gasteiger partial charge on any atom is 0.327 e. The van der Waals surface area contributed by atoms with Crippen LogP contribution in [0.25, 0.3) is 0 Å². The quantitative estimate of drug-likeness (QED) is 0.820. The lowest BCUT2D eigenvalue weighted by Gasteiger charge is -2.19. The fourth-order valence-corrected chi connectivity index (χ4v) is 3.53. The molecule has 1 fully saturated rings. The molecule has 2 heterocycles. The van der Waals surface area contributed by atoms with Crippen LogP contribution in [0.1, 0.15) is 15.4 Å². The van der Waals surface area contributed by atoms with Crippen molar-refractivity contribution in [3.8, 4) is 0 Å². The molecule has 8 heteroatoms. The van der Waals surface area contributed by atoms with E-state index in [1.54, 1.807) is 6.92 Å². The number of thioether (sulfide) groups is 1. The zero-order valence-corrected chi connectivity index (χ0v) is 10.7. The van der Waals surface area contributed by atoms with Gasteiger partial charge in [0.05, 0.1) is 11.6 Å². The van der Waals surface area contributed by atoms with Crippen molar-refractivity contribution in [2.45, 2.75) is 13.0 Å². The number of nitrogens with two attached hydrogens (primary N) is 1. The lowest BCUT2D eigenvalue weighted by atomic mass is 10.2. The van der Waals surface area contributed by atoms with Crippen LogP contribution in [-0.4, -0.2) is 44.5 Å². The standard InChI is InChI=1S/C9H11N3O3S2/c1-4-6(17-9(10)11-4)7(13)12-3-16-2-5(12)8(14)15/h5H,2-3H2,1H3,(H2,10,11)(H,14,15)/t5-/m0/s1. The third-order valence-electron chi connectivity index (χ3n) is 2.44. The number of carbonyl (C=O) groups excluding carboxylic acids is 1. The van der Waals surface area contributed by atoms with Crippen LogP contribution in [0.3, 0.4) is 0 Å². The van der Waals surface area contributed by atoms with Gasteiger partial charge in [-0.2, -0.15) is 0 Å². The zero-order chi connectivity index (χ0) is 12.6. The summed E-state index contributed by atoms with van der Waals surface area (Å²) in [4.78, 5) is 28.9. The summed E-state index contributed by atoms with van der Waals surface area (Å²) in [6.07, 6.45) is 0. The molecule has 0 radical (unpaired) electrons. The number of hydrogen-bond acceptors (Lipinski definition) is 6. The van der Waals surface area contributed by atoms with E-state index in [0.29, 0.717) is 27.3 Å². The molecule has 0 aromatic carbocycles. The number of carboxylic acid groups (broad SMARTS) is 1. The van der Waals surface area contributed by atoms with Gasteiger partial charge in [0.2, 0.25) is 0 Å². The summed E-state index contributed by atoms with van der Waals surface area (Å²) in [5, 5.41) is 9.33. The van der Waals surface area contributed by atoms with Gasteiger partial charge in [-0.05, 0) is 6.92 Å². The zero-order valence-electron chi connectivity index (χ0n) is 9.04. The first kappa shape index (κ1) is 12.2. The van der Waals surface area contributed by atoms with Gasteiger partial charge in [0.1, 0.15) is 10.9 Å². The molecule has 0 bridgehead atoms. The Bertz CT molecular complexity index is 474. The number of nitrogen functional groups attached to an aromatic ring is 1. The minimum atomic E-state index is -0.974. The van der Waals surface area contributed by atoms with E-state index in [-0.39, 0.29) is 5.91 Å². The smallest absolute Gasteiger partial charge is 0.327 e. The van der Waals surface area contributed by atoms with E-state index < -0.39 is 12.0 Å². The Morgan fingerprint density at radius 1 is 1.59 bits per heavy atom. The molecule has 1 aliphatic heterocycles. The topological polar surface area (TPSA) is 96.5 Å². The van der Waals surface area contributed by atoms with Crippen LogP contribution >= 0.6 is 23.1 Å². The number of aryl methyl sites for hydroxylation is 1. The Labute approximate surface area is 106 Å². The Kier molecular flexibility index (Phi) is 3.25. The summed E-state index contributed by atoms with van der Waals surface area (Å²) in [7, 11) is 0. The molecule has 1 aromatic heterocycles. The average molecular weight is 273 g/mol. The molecular formula is C9H11N3O3S2. The highest BCUT2D eigenvalue weighted by molar-refractivity contribution is 7.99. The van der Waals surface area contributed by atoms with E-state index in [4.69, 9.17) is 10.8 Å². The number of nitrogens with zero attached hydrogens (tertiary/aromatic N) is 2. The molecule has 0 spiro atoms. The van der Waals surface area contributed by atoms with Crippen molar-refractivity contribution in [2.75, 3.05) is 17.4 Å². The molecule has 1 aliphatic rings. The number of carbonyl (C=O) groups is 2. The van der Waals surface area contributed by atoms with Gasteiger partial charge < -0.3 is 15.7 Å². The minimum absolute atomic E-state index is 0.297. The Morgan fingerprint density at radius 2 is 2.29 bits per heavy atom. The summed E-state index contributed by atoms with van der Waals surface area (Å²) >= 11 is 2.53. The highest BCUT2D eigenvalue weighted by atomic mass is 32.2. The van der Waals surface area contributed by atoms with Crippen LogP contribution in [0.5, 0.6) is 0 Å². The largest absolute Gasteiger partial charge is 0.480 e. The highest BCUT2D eigenvalue weighted by Gasteiger charge is 2.36. The number of aliphatic carboxylic acids is 1. The molecule has 2 rings (SSSR count). The van der Waals surface area contributed by atoms with Crippen molar-refractivity contribution >= 4 is 40.1 Å². The van der Waals surface area contributed by atoms with E-state index in [1.165, 1.54) is 16.7 Å². The van der Waals surface area contributed by atoms with E-state index in [1.807, 2.05) is 0 Å². The molecule has 1 saturated heterocycles. The maximum atomic E-state index is 12.2. The minimum Gasteiger partial charge on any atom is -0.480 e. The number of rotatable bonds is 2. The van der Waals surface area contributed by atoms with Gasteiger partial charge in [0.25, 0.3) is 5.91 Å². The number of aromatic nitrogens is 1. The fourth-order valence-electron chi connectivity index (χ4n) is 1.59. The van der Waals surface area contributed by atoms with E-state index in [0.717, 1.165) is 11.3 Å². The second-order valence-corrected chi connectivity index (χ2v) is 5.63. The SMILES string of the molecule is Cc1nc(N)sc1C(=O)N1CSC[C@H]1C(=O)O. The van der Waals surface area contributed by atoms with Crippen molar-refractivity contribution in [1.29, 1.82) is 0 Å². The van der Waals surface area contributed by atoms with Crippen molar-refractivity contribution in [1.82, 2.24) is 9.88 Å². The molecule has 6 nitrogen and oxygen atoms in total. The predicted octanol–water partition coefficient (Wildman–Crippen LogP) is 0.633. The van der Waals surface area contributed by atoms with Crippen molar-refractivity contribution in [3.05, 3.63) is 10.6 Å². The molecule has 17 heavy (non-hydrogen) atoms. The van der Waals surface area contributed by atoms with Crippen LogP contribution in [0.2, 0.25) is 0 Å². The fraction of sp³-hybridized carbons (Fsp3) is 0.444. The number of thiazole rings is 1. The van der Waals surface area contributed by atoms with Gasteiger partial charge >= 0.3 is 5.97 Å². The third-order valence-corrected chi connectivity index (χ3v) is 4.42.